The van der Waals surface area contributed by atoms with Gasteiger partial charge in [0.05, 0.1) is 5.92 Å². The van der Waals surface area contributed by atoms with Crippen molar-refractivity contribution in [3.8, 4) is 5.75 Å². The van der Waals surface area contributed by atoms with Gasteiger partial charge in [-0.25, -0.2) is 0 Å². The zero-order valence-corrected chi connectivity index (χ0v) is 11.0. The Kier molecular flexibility index (Phi) is 4.68. The van der Waals surface area contributed by atoms with Gasteiger partial charge in [-0.2, -0.15) is 13.2 Å². The molecule has 0 aromatic heterocycles. The van der Waals surface area contributed by atoms with Crippen molar-refractivity contribution in [3.63, 3.8) is 0 Å². The number of hydrogen-bond donors (Lipinski definition) is 0. The van der Waals surface area contributed by atoms with Crippen LogP contribution in [0, 0.1) is 11.8 Å². The summed E-state index contributed by atoms with van der Waals surface area (Å²) in [6.07, 6.45) is -2.70. The maximum Gasteiger partial charge on any atom is 0.391 e. The van der Waals surface area contributed by atoms with Crippen LogP contribution in [0.1, 0.15) is 32.1 Å². The van der Waals surface area contributed by atoms with Gasteiger partial charge in [0.2, 0.25) is 0 Å². The highest BCUT2D eigenvalue weighted by atomic mass is 19.4. The van der Waals surface area contributed by atoms with Crippen LogP contribution >= 0.6 is 0 Å². The summed E-state index contributed by atoms with van der Waals surface area (Å²) in [6.45, 7) is 0. The fourth-order valence-electron chi connectivity index (χ4n) is 2.67. The predicted octanol–water partition coefficient (Wildman–Crippen LogP) is 4.35. The molecule has 0 heterocycles. The van der Waals surface area contributed by atoms with E-state index in [0.29, 0.717) is 18.6 Å². The van der Waals surface area contributed by atoms with Crippen molar-refractivity contribution in [2.75, 3.05) is 0 Å². The van der Waals surface area contributed by atoms with Crippen molar-refractivity contribution in [2.24, 2.45) is 11.8 Å². The normalized spacial score (nSPS) is 23.4. The zero-order valence-electron chi connectivity index (χ0n) is 11.0. The van der Waals surface area contributed by atoms with E-state index < -0.39 is 18.1 Å². The van der Waals surface area contributed by atoms with Crippen LogP contribution in [-0.4, -0.2) is 12.1 Å². The number of carbonyl (C=O) groups excluding carboxylic acids is 1. The van der Waals surface area contributed by atoms with Gasteiger partial charge in [0.1, 0.15) is 5.75 Å². The molecule has 1 aliphatic rings. The second kappa shape index (κ2) is 6.29. The van der Waals surface area contributed by atoms with E-state index in [-0.39, 0.29) is 25.2 Å². The molecule has 1 aliphatic carbocycles. The van der Waals surface area contributed by atoms with E-state index in [1.54, 1.807) is 30.3 Å². The highest BCUT2D eigenvalue weighted by Gasteiger charge is 2.42. The lowest BCUT2D eigenvalue weighted by Gasteiger charge is -2.29. The van der Waals surface area contributed by atoms with Gasteiger partial charge < -0.3 is 4.74 Å². The Bertz CT molecular complexity index is 442. The van der Waals surface area contributed by atoms with Gasteiger partial charge in [-0.1, -0.05) is 24.6 Å². The Morgan fingerprint density at radius 3 is 2.55 bits per heavy atom. The molecule has 2 nitrogen and oxygen atoms in total. The summed E-state index contributed by atoms with van der Waals surface area (Å²) in [5.74, 6) is -1.53. The molecule has 2 atom stereocenters. The molecule has 1 saturated carbocycles. The number of ether oxygens (including phenoxy) is 1. The van der Waals surface area contributed by atoms with Gasteiger partial charge in [0.15, 0.2) is 0 Å². The summed E-state index contributed by atoms with van der Waals surface area (Å²) in [5.41, 5.74) is 0. The summed E-state index contributed by atoms with van der Waals surface area (Å²) in [6, 6.07) is 8.58. The Morgan fingerprint density at radius 2 is 1.90 bits per heavy atom. The van der Waals surface area contributed by atoms with E-state index in [1.807, 2.05) is 0 Å². The van der Waals surface area contributed by atoms with Crippen molar-refractivity contribution >= 4 is 5.97 Å². The molecule has 0 saturated heterocycles. The maximum absolute atomic E-state index is 12.7. The van der Waals surface area contributed by atoms with E-state index in [4.69, 9.17) is 4.74 Å². The topological polar surface area (TPSA) is 26.3 Å². The second-order valence-corrected chi connectivity index (χ2v) is 5.26. The Morgan fingerprint density at radius 1 is 1.20 bits per heavy atom. The van der Waals surface area contributed by atoms with Crippen LogP contribution in [0.3, 0.4) is 0 Å². The molecule has 20 heavy (non-hydrogen) atoms. The highest BCUT2D eigenvalue weighted by Crippen LogP contribution is 2.40. The van der Waals surface area contributed by atoms with E-state index in [9.17, 15) is 18.0 Å². The molecule has 0 radical (unpaired) electrons. The van der Waals surface area contributed by atoms with Crippen molar-refractivity contribution in [2.45, 2.75) is 38.3 Å². The van der Waals surface area contributed by atoms with Gasteiger partial charge in [0.25, 0.3) is 0 Å². The van der Waals surface area contributed by atoms with Crippen molar-refractivity contribution in [1.82, 2.24) is 0 Å². The van der Waals surface area contributed by atoms with E-state index in [1.165, 1.54) is 0 Å². The minimum Gasteiger partial charge on any atom is -0.427 e. The molecule has 1 aromatic rings. The lowest BCUT2D eigenvalue weighted by atomic mass is 9.79. The minimum atomic E-state index is -4.15. The maximum atomic E-state index is 12.7. The second-order valence-electron chi connectivity index (χ2n) is 5.26. The van der Waals surface area contributed by atoms with Crippen LogP contribution in [-0.2, 0) is 4.79 Å². The molecule has 110 valence electrons. The summed E-state index contributed by atoms with van der Waals surface area (Å²) in [7, 11) is 0. The molecule has 0 spiro atoms. The van der Waals surface area contributed by atoms with Crippen LogP contribution in [0.5, 0.6) is 5.75 Å². The summed E-state index contributed by atoms with van der Waals surface area (Å²) in [4.78, 5) is 11.7. The molecule has 2 rings (SSSR count). The van der Waals surface area contributed by atoms with E-state index in [2.05, 4.69) is 0 Å². The molecule has 1 fully saturated rings. The first-order valence-corrected chi connectivity index (χ1v) is 6.77. The van der Waals surface area contributed by atoms with E-state index in [0.717, 1.165) is 0 Å². The lowest BCUT2D eigenvalue weighted by Crippen LogP contribution is -2.30. The molecule has 1 aromatic carbocycles. The Labute approximate surface area is 115 Å². The fraction of sp³-hybridized carbons (Fsp3) is 0.533. The fourth-order valence-corrected chi connectivity index (χ4v) is 2.67. The number of halogens is 3. The van der Waals surface area contributed by atoms with Gasteiger partial charge >= 0.3 is 12.1 Å². The predicted molar refractivity (Wildman–Crippen MR) is 68.2 cm³/mol. The first-order chi connectivity index (χ1) is 9.45. The average molecular weight is 286 g/mol. The third kappa shape index (κ3) is 4.25. The third-order valence-electron chi connectivity index (χ3n) is 3.68. The van der Waals surface area contributed by atoms with Crippen LogP contribution in [0.4, 0.5) is 13.2 Å². The number of alkyl halides is 3. The first kappa shape index (κ1) is 14.9. The minimum absolute atomic E-state index is 0.0351. The van der Waals surface area contributed by atoms with Gasteiger partial charge in [-0.05, 0) is 37.3 Å². The van der Waals surface area contributed by atoms with Crippen molar-refractivity contribution in [1.29, 1.82) is 0 Å². The van der Waals surface area contributed by atoms with Gasteiger partial charge in [-0.3, -0.25) is 4.79 Å². The standard InChI is InChI=1S/C15H17F3O2/c16-15(17,18)12-6-4-5-11(9-12)10-14(19)20-13-7-2-1-3-8-13/h1-3,7-8,11-12H,4-6,9-10H2/t11-,12+/m1/s1. The highest BCUT2D eigenvalue weighted by molar-refractivity contribution is 5.72. The van der Waals surface area contributed by atoms with Gasteiger partial charge in [-0.15, -0.1) is 0 Å². The monoisotopic (exact) mass is 286 g/mol. The summed E-state index contributed by atoms with van der Waals surface area (Å²) < 4.78 is 43.2. The molecule has 0 N–H and O–H groups in total. The zero-order chi connectivity index (χ0) is 14.6. The van der Waals surface area contributed by atoms with Crippen molar-refractivity contribution in [3.05, 3.63) is 30.3 Å². The summed E-state index contributed by atoms with van der Waals surface area (Å²) in [5, 5.41) is 0. The van der Waals surface area contributed by atoms with Gasteiger partial charge in [0, 0.05) is 6.42 Å². The molecular weight excluding hydrogens is 269 g/mol. The molecule has 0 unspecified atom stereocenters. The Hall–Kier alpha value is -1.52. The first-order valence-electron chi connectivity index (χ1n) is 6.77. The molecular formula is C15H17F3O2. The van der Waals surface area contributed by atoms with E-state index >= 15 is 0 Å². The van der Waals surface area contributed by atoms with Crippen LogP contribution < -0.4 is 4.74 Å². The van der Waals surface area contributed by atoms with Crippen LogP contribution in [0.2, 0.25) is 0 Å². The Balaban J connectivity index is 1.85. The number of benzene rings is 1. The number of para-hydroxylation sites is 1. The van der Waals surface area contributed by atoms with Crippen LogP contribution in [0.25, 0.3) is 0 Å². The summed E-state index contributed by atoms with van der Waals surface area (Å²) >= 11 is 0. The number of rotatable bonds is 3. The number of carbonyl (C=O) groups is 1. The van der Waals surface area contributed by atoms with Crippen LogP contribution in [0.15, 0.2) is 30.3 Å². The molecule has 0 bridgehead atoms. The number of esters is 1. The third-order valence-corrected chi connectivity index (χ3v) is 3.68. The molecule has 0 aliphatic heterocycles. The number of hydrogen-bond acceptors (Lipinski definition) is 2. The smallest absolute Gasteiger partial charge is 0.391 e. The molecule has 5 heteroatoms. The largest absolute Gasteiger partial charge is 0.427 e. The van der Waals surface area contributed by atoms with Crippen molar-refractivity contribution < 1.29 is 22.7 Å². The molecule has 0 amide bonds. The average Bonchev–Trinajstić information content (AvgIpc) is 2.39. The SMILES string of the molecule is O=C(C[C@@H]1CCC[C@H](C(F)(F)F)C1)Oc1ccccc1. The lowest BCUT2D eigenvalue weighted by molar-refractivity contribution is -0.186. The quantitative estimate of drug-likeness (QED) is 0.610.